The van der Waals surface area contributed by atoms with Crippen molar-refractivity contribution in [2.75, 3.05) is 26.3 Å². The lowest BCUT2D eigenvalue weighted by Gasteiger charge is -2.11. The number of nitrogens with one attached hydrogen (secondary N) is 1. The number of hydrogen-bond acceptors (Lipinski definition) is 5. The van der Waals surface area contributed by atoms with Gasteiger partial charge in [0.25, 0.3) is 5.91 Å². The fraction of sp³-hybridized carbons (Fsp3) is 0.188. The number of ether oxygens (including phenoxy) is 4. The third-order valence-corrected chi connectivity index (χ3v) is 3.28. The van der Waals surface area contributed by atoms with Crippen LogP contribution < -0.4 is 24.3 Å². The molecule has 1 N–H and O–H groups in total. The van der Waals surface area contributed by atoms with Gasteiger partial charge in [-0.2, -0.15) is 0 Å². The second-order valence-corrected chi connectivity index (χ2v) is 4.59. The topological polar surface area (TPSA) is 66.0 Å². The van der Waals surface area contributed by atoms with Gasteiger partial charge in [-0.3, -0.25) is 4.79 Å². The van der Waals surface area contributed by atoms with Crippen LogP contribution in [0, 0.1) is 0 Å². The molecule has 0 saturated heterocycles. The number of carbonyl (C=O) groups is 1. The Kier molecular flexibility index (Phi) is 3.74. The fourth-order valence-electron chi connectivity index (χ4n) is 2.16. The molecule has 2 aromatic rings. The van der Waals surface area contributed by atoms with Crippen molar-refractivity contribution in [1.82, 2.24) is 0 Å². The Bertz CT molecular complexity index is 714. The Balaban J connectivity index is 1.85. The van der Waals surface area contributed by atoms with Crippen LogP contribution >= 0.6 is 0 Å². The van der Waals surface area contributed by atoms with E-state index in [1.165, 1.54) is 7.11 Å². The van der Waals surface area contributed by atoms with Crippen LogP contribution in [-0.2, 0) is 0 Å². The molecule has 0 bridgehead atoms. The van der Waals surface area contributed by atoms with E-state index in [9.17, 15) is 4.79 Å². The van der Waals surface area contributed by atoms with Gasteiger partial charge in [0.1, 0.15) is 11.5 Å². The Morgan fingerprint density at radius 1 is 1.05 bits per heavy atom. The van der Waals surface area contributed by atoms with E-state index in [1.807, 2.05) is 0 Å². The Hall–Kier alpha value is -2.89. The fourth-order valence-corrected chi connectivity index (χ4v) is 2.16. The van der Waals surface area contributed by atoms with Gasteiger partial charge in [0.05, 0.1) is 19.8 Å². The zero-order valence-corrected chi connectivity index (χ0v) is 12.2. The van der Waals surface area contributed by atoms with Crippen molar-refractivity contribution in [3.63, 3.8) is 0 Å². The monoisotopic (exact) mass is 301 g/mol. The molecule has 2 aromatic carbocycles. The van der Waals surface area contributed by atoms with E-state index >= 15 is 0 Å². The van der Waals surface area contributed by atoms with E-state index in [0.29, 0.717) is 34.2 Å². The predicted octanol–water partition coefficient (Wildman–Crippen LogP) is 2.68. The standard InChI is InChI=1S/C16H15NO5/c1-19-11-4-6-13(20-2)12(8-11)16(18)17-10-3-5-14-15(7-10)22-9-21-14/h3-8H,9H2,1-2H3,(H,17,18). The molecule has 6 nitrogen and oxygen atoms in total. The lowest BCUT2D eigenvalue weighted by Crippen LogP contribution is -2.13. The molecular weight excluding hydrogens is 286 g/mol. The molecule has 0 aliphatic carbocycles. The summed E-state index contributed by atoms with van der Waals surface area (Å²) in [5.74, 6) is 2.03. The summed E-state index contributed by atoms with van der Waals surface area (Å²) in [6.45, 7) is 0.191. The van der Waals surface area contributed by atoms with Crippen LogP contribution in [0.15, 0.2) is 36.4 Å². The highest BCUT2D eigenvalue weighted by Gasteiger charge is 2.17. The van der Waals surface area contributed by atoms with Gasteiger partial charge in [0, 0.05) is 11.8 Å². The van der Waals surface area contributed by atoms with E-state index in [-0.39, 0.29) is 12.7 Å². The third-order valence-electron chi connectivity index (χ3n) is 3.28. The van der Waals surface area contributed by atoms with Crippen LogP contribution in [0.25, 0.3) is 0 Å². The lowest BCUT2D eigenvalue weighted by molar-refractivity contribution is 0.102. The quantitative estimate of drug-likeness (QED) is 0.940. The van der Waals surface area contributed by atoms with E-state index in [0.717, 1.165) is 0 Å². The Morgan fingerprint density at radius 3 is 2.64 bits per heavy atom. The zero-order valence-electron chi connectivity index (χ0n) is 12.2. The lowest BCUT2D eigenvalue weighted by atomic mass is 10.1. The average molecular weight is 301 g/mol. The number of fused-ring (bicyclic) bond motifs is 1. The number of carbonyl (C=O) groups excluding carboxylic acids is 1. The molecule has 0 atom stereocenters. The van der Waals surface area contributed by atoms with Gasteiger partial charge in [0.15, 0.2) is 11.5 Å². The molecule has 1 aliphatic heterocycles. The Morgan fingerprint density at radius 2 is 1.86 bits per heavy atom. The van der Waals surface area contributed by atoms with Gasteiger partial charge >= 0.3 is 0 Å². The van der Waals surface area contributed by atoms with Crippen LogP contribution in [0.1, 0.15) is 10.4 Å². The van der Waals surface area contributed by atoms with Crippen LogP contribution in [0.4, 0.5) is 5.69 Å². The van der Waals surface area contributed by atoms with Crippen molar-refractivity contribution in [2.24, 2.45) is 0 Å². The van der Waals surface area contributed by atoms with Crippen LogP contribution in [0.2, 0.25) is 0 Å². The summed E-state index contributed by atoms with van der Waals surface area (Å²) in [6.07, 6.45) is 0. The molecule has 0 radical (unpaired) electrons. The zero-order chi connectivity index (χ0) is 15.5. The average Bonchev–Trinajstić information content (AvgIpc) is 3.01. The molecule has 0 fully saturated rings. The second-order valence-electron chi connectivity index (χ2n) is 4.59. The highest BCUT2D eigenvalue weighted by molar-refractivity contribution is 6.06. The molecule has 114 valence electrons. The molecule has 0 aromatic heterocycles. The molecular formula is C16H15NO5. The SMILES string of the molecule is COc1ccc(OC)c(C(=O)Nc2ccc3c(c2)OCO3)c1. The number of methoxy groups -OCH3 is 2. The van der Waals surface area contributed by atoms with Crippen molar-refractivity contribution in [2.45, 2.75) is 0 Å². The van der Waals surface area contributed by atoms with E-state index < -0.39 is 0 Å². The summed E-state index contributed by atoms with van der Waals surface area (Å²) >= 11 is 0. The van der Waals surface area contributed by atoms with Gasteiger partial charge < -0.3 is 24.3 Å². The molecule has 0 saturated carbocycles. The molecule has 1 aliphatic rings. The number of amides is 1. The van der Waals surface area contributed by atoms with Crippen molar-refractivity contribution in [3.05, 3.63) is 42.0 Å². The molecule has 6 heteroatoms. The second kappa shape index (κ2) is 5.85. The predicted molar refractivity (Wildman–Crippen MR) is 80.1 cm³/mol. The van der Waals surface area contributed by atoms with E-state index in [2.05, 4.69) is 5.32 Å². The molecule has 22 heavy (non-hydrogen) atoms. The smallest absolute Gasteiger partial charge is 0.259 e. The normalized spacial score (nSPS) is 11.9. The minimum atomic E-state index is -0.297. The summed E-state index contributed by atoms with van der Waals surface area (Å²) in [7, 11) is 3.06. The maximum Gasteiger partial charge on any atom is 0.259 e. The molecule has 0 unspecified atom stereocenters. The molecule has 0 spiro atoms. The van der Waals surface area contributed by atoms with Gasteiger partial charge in [-0.1, -0.05) is 0 Å². The molecule has 3 rings (SSSR count). The van der Waals surface area contributed by atoms with E-state index in [4.69, 9.17) is 18.9 Å². The van der Waals surface area contributed by atoms with Crippen molar-refractivity contribution >= 4 is 11.6 Å². The first-order valence-corrected chi connectivity index (χ1v) is 6.64. The minimum absolute atomic E-state index is 0.191. The highest BCUT2D eigenvalue weighted by atomic mass is 16.7. The summed E-state index contributed by atoms with van der Waals surface area (Å²) < 4.78 is 20.9. The summed E-state index contributed by atoms with van der Waals surface area (Å²) in [6, 6.07) is 10.3. The molecule has 1 heterocycles. The van der Waals surface area contributed by atoms with Gasteiger partial charge in [-0.15, -0.1) is 0 Å². The van der Waals surface area contributed by atoms with Crippen LogP contribution in [0.5, 0.6) is 23.0 Å². The summed E-state index contributed by atoms with van der Waals surface area (Å²) in [4.78, 5) is 12.4. The number of rotatable bonds is 4. The van der Waals surface area contributed by atoms with Crippen molar-refractivity contribution in [3.8, 4) is 23.0 Å². The third kappa shape index (κ3) is 2.63. The number of anilines is 1. The van der Waals surface area contributed by atoms with Gasteiger partial charge in [-0.05, 0) is 30.3 Å². The van der Waals surface area contributed by atoms with Gasteiger partial charge in [0.2, 0.25) is 6.79 Å². The van der Waals surface area contributed by atoms with Crippen molar-refractivity contribution < 1.29 is 23.7 Å². The number of hydrogen-bond donors (Lipinski definition) is 1. The van der Waals surface area contributed by atoms with Gasteiger partial charge in [-0.25, -0.2) is 0 Å². The summed E-state index contributed by atoms with van der Waals surface area (Å²) in [5, 5.41) is 2.80. The maximum absolute atomic E-state index is 12.4. The minimum Gasteiger partial charge on any atom is -0.497 e. The van der Waals surface area contributed by atoms with Crippen LogP contribution in [-0.4, -0.2) is 26.9 Å². The van der Waals surface area contributed by atoms with E-state index in [1.54, 1.807) is 43.5 Å². The summed E-state index contributed by atoms with van der Waals surface area (Å²) in [5.41, 5.74) is 0.999. The first-order valence-electron chi connectivity index (χ1n) is 6.64. The highest BCUT2D eigenvalue weighted by Crippen LogP contribution is 2.34. The number of benzene rings is 2. The van der Waals surface area contributed by atoms with Crippen LogP contribution in [0.3, 0.4) is 0 Å². The first kappa shape index (κ1) is 14.1. The maximum atomic E-state index is 12.4. The van der Waals surface area contributed by atoms with Crippen molar-refractivity contribution in [1.29, 1.82) is 0 Å². The Labute approximate surface area is 127 Å². The first-order chi connectivity index (χ1) is 10.7. The molecule has 1 amide bonds. The largest absolute Gasteiger partial charge is 0.497 e.